The summed E-state index contributed by atoms with van der Waals surface area (Å²) in [4.78, 5) is 33.4. The van der Waals surface area contributed by atoms with Gasteiger partial charge in [0.15, 0.2) is 5.13 Å². The number of halogens is 2. The van der Waals surface area contributed by atoms with Crippen molar-refractivity contribution >= 4 is 56.8 Å². The van der Waals surface area contributed by atoms with E-state index >= 15 is 0 Å². The van der Waals surface area contributed by atoms with E-state index in [2.05, 4.69) is 9.97 Å². The van der Waals surface area contributed by atoms with Gasteiger partial charge in [0, 0.05) is 43.7 Å². The molecule has 0 saturated heterocycles. The zero-order valence-electron chi connectivity index (χ0n) is 17.2. The van der Waals surface area contributed by atoms with E-state index < -0.39 is 4.92 Å². The number of carbonyl (C=O) groups is 1. The van der Waals surface area contributed by atoms with Crippen molar-refractivity contribution in [1.29, 1.82) is 0 Å². The van der Waals surface area contributed by atoms with E-state index in [0.29, 0.717) is 40.4 Å². The van der Waals surface area contributed by atoms with Gasteiger partial charge < -0.3 is 4.57 Å². The normalized spacial score (nSPS) is 10.9. The van der Waals surface area contributed by atoms with Crippen LogP contribution < -0.4 is 4.90 Å². The highest BCUT2D eigenvalue weighted by molar-refractivity contribution is 7.22. The predicted molar refractivity (Wildman–Crippen MR) is 128 cm³/mol. The van der Waals surface area contributed by atoms with Crippen LogP contribution in [0.2, 0.25) is 0 Å². The van der Waals surface area contributed by atoms with Crippen molar-refractivity contribution in [2.24, 2.45) is 0 Å². The van der Waals surface area contributed by atoms with Crippen molar-refractivity contribution in [3.8, 4) is 0 Å². The first kappa shape index (κ1) is 24.0. The molecule has 0 saturated carbocycles. The van der Waals surface area contributed by atoms with Gasteiger partial charge in [0.2, 0.25) is 0 Å². The molecule has 0 fully saturated rings. The molecule has 4 aromatic rings. The fourth-order valence-corrected chi connectivity index (χ4v) is 4.12. The molecule has 0 N–H and O–H groups in total. The molecule has 0 aliphatic rings. The number of aromatic nitrogens is 3. The largest absolute Gasteiger partial charge is 0.337 e. The Hall–Kier alpha value is -3.63. The van der Waals surface area contributed by atoms with Crippen LogP contribution in [0, 0.1) is 15.9 Å². The molecular formula is C22H19ClFN5O3S. The fraction of sp³-hybridized carbons (Fsp3) is 0.136. The summed E-state index contributed by atoms with van der Waals surface area (Å²) in [6.45, 7) is 1.08. The quantitative estimate of drug-likeness (QED) is 0.196. The zero-order valence-corrected chi connectivity index (χ0v) is 18.8. The highest BCUT2D eigenvalue weighted by Crippen LogP contribution is 2.30. The number of non-ortho nitro benzene ring substituents is 1. The number of benzene rings is 2. The molecule has 2 heterocycles. The standard InChI is InChI=1S/C22H18FN5O3S.ClH/c23-17-5-8-19-20(14-17)32-22(25-19)27(12-1-11-26-13-10-24-15-26)21(29)9-4-16-2-6-18(7-3-16)28(30)31;/h2-10,13-15H,1,11-12H2;1H/b9-4+;. The number of nitro benzene ring substituents is 1. The van der Waals surface area contributed by atoms with Crippen LogP contribution in [0.1, 0.15) is 12.0 Å². The summed E-state index contributed by atoms with van der Waals surface area (Å²) in [6.07, 6.45) is 8.92. The Balaban J connectivity index is 0.00000306. The number of hydrogen-bond acceptors (Lipinski definition) is 6. The molecule has 4 rings (SSSR count). The van der Waals surface area contributed by atoms with Gasteiger partial charge in [0.05, 0.1) is 21.5 Å². The summed E-state index contributed by atoms with van der Waals surface area (Å²) in [5.74, 6) is -0.641. The van der Waals surface area contributed by atoms with Crippen LogP contribution in [0.3, 0.4) is 0 Å². The molecule has 11 heteroatoms. The lowest BCUT2D eigenvalue weighted by Gasteiger charge is -2.18. The van der Waals surface area contributed by atoms with E-state index in [1.54, 1.807) is 41.7 Å². The van der Waals surface area contributed by atoms with Crippen molar-refractivity contribution in [3.63, 3.8) is 0 Å². The molecule has 0 atom stereocenters. The Kier molecular flexibility index (Phi) is 7.86. The predicted octanol–water partition coefficient (Wildman–Crippen LogP) is 5.10. The van der Waals surface area contributed by atoms with Gasteiger partial charge in [-0.1, -0.05) is 11.3 Å². The summed E-state index contributed by atoms with van der Waals surface area (Å²) in [7, 11) is 0. The molecule has 0 bridgehead atoms. The van der Waals surface area contributed by atoms with E-state index in [-0.39, 0.29) is 29.8 Å². The maximum Gasteiger partial charge on any atom is 0.269 e. The molecule has 0 aliphatic heterocycles. The lowest BCUT2D eigenvalue weighted by molar-refractivity contribution is -0.384. The van der Waals surface area contributed by atoms with E-state index in [9.17, 15) is 19.3 Å². The summed E-state index contributed by atoms with van der Waals surface area (Å²) < 4.78 is 16.2. The third-order valence-electron chi connectivity index (χ3n) is 4.72. The molecular weight excluding hydrogens is 469 g/mol. The van der Waals surface area contributed by atoms with Crippen LogP contribution >= 0.6 is 23.7 Å². The number of hydrogen-bond donors (Lipinski definition) is 0. The number of thiazole rings is 1. The Bertz CT molecular complexity index is 1280. The zero-order chi connectivity index (χ0) is 22.5. The lowest BCUT2D eigenvalue weighted by Crippen LogP contribution is -2.30. The Morgan fingerprint density at radius 3 is 2.73 bits per heavy atom. The van der Waals surface area contributed by atoms with E-state index in [1.165, 1.54) is 41.7 Å². The van der Waals surface area contributed by atoms with Crippen LogP contribution in [0.15, 0.2) is 67.3 Å². The Labute approximate surface area is 198 Å². The SMILES string of the molecule is Cl.O=C(/C=C/c1ccc([N+](=O)[O-])cc1)N(CCCn1ccnc1)c1nc2ccc(F)cc2s1. The van der Waals surface area contributed by atoms with Crippen LogP contribution in [-0.4, -0.2) is 31.9 Å². The van der Waals surface area contributed by atoms with Crippen LogP contribution in [-0.2, 0) is 11.3 Å². The summed E-state index contributed by atoms with van der Waals surface area (Å²) in [5, 5.41) is 11.3. The second-order valence-corrected chi connectivity index (χ2v) is 7.94. The number of anilines is 1. The lowest BCUT2D eigenvalue weighted by atomic mass is 10.2. The molecule has 0 aliphatic carbocycles. The van der Waals surface area contributed by atoms with E-state index in [4.69, 9.17) is 0 Å². The molecule has 1 amide bonds. The van der Waals surface area contributed by atoms with Gasteiger partial charge in [0.1, 0.15) is 5.82 Å². The van der Waals surface area contributed by atoms with Gasteiger partial charge in [-0.2, -0.15) is 0 Å². The monoisotopic (exact) mass is 487 g/mol. The Morgan fingerprint density at radius 2 is 2.03 bits per heavy atom. The van der Waals surface area contributed by atoms with Crippen molar-refractivity contribution in [2.75, 3.05) is 11.4 Å². The first-order chi connectivity index (χ1) is 15.5. The van der Waals surface area contributed by atoms with Gasteiger partial charge in [-0.25, -0.2) is 14.4 Å². The molecule has 33 heavy (non-hydrogen) atoms. The molecule has 0 spiro atoms. The first-order valence-corrected chi connectivity index (χ1v) is 10.6. The maximum atomic E-state index is 13.6. The number of aryl methyl sites for hydroxylation is 1. The molecule has 2 aromatic carbocycles. The maximum absolute atomic E-state index is 13.6. The highest BCUT2D eigenvalue weighted by atomic mass is 35.5. The van der Waals surface area contributed by atoms with Crippen molar-refractivity contribution < 1.29 is 14.1 Å². The topological polar surface area (TPSA) is 94.2 Å². The summed E-state index contributed by atoms with van der Waals surface area (Å²) in [5.41, 5.74) is 1.27. The minimum absolute atomic E-state index is 0. The van der Waals surface area contributed by atoms with Crippen molar-refractivity contribution in [1.82, 2.24) is 14.5 Å². The van der Waals surface area contributed by atoms with Crippen LogP contribution in [0.5, 0.6) is 0 Å². The number of imidazole rings is 1. The fourth-order valence-electron chi connectivity index (χ4n) is 3.10. The smallest absolute Gasteiger partial charge is 0.269 e. The average Bonchev–Trinajstić information content (AvgIpc) is 3.44. The molecule has 2 aromatic heterocycles. The molecule has 8 nitrogen and oxygen atoms in total. The van der Waals surface area contributed by atoms with Gasteiger partial charge >= 0.3 is 0 Å². The van der Waals surface area contributed by atoms with Gasteiger partial charge in [-0.3, -0.25) is 19.8 Å². The van der Waals surface area contributed by atoms with Crippen LogP contribution in [0.4, 0.5) is 15.2 Å². The minimum atomic E-state index is -0.476. The Morgan fingerprint density at radius 1 is 1.24 bits per heavy atom. The minimum Gasteiger partial charge on any atom is -0.337 e. The third kappa shape index (κ3) is 5.99. The van der Waals surface area contributed by atoms with Gasteiger partial charge in [-0.15, -0.1) is 12.4 Å². The summed E-state index contributed by atoms with van der Waals surface area (Å²) >= 11 is 1.25. The third-order valence-corrected chi connectivity index (χ3v) is 5.76. The molecule has 170 valence electrons. The highest BCUT2D eigenvalue weighted by Gasteiger charge is 2.18. The number of rotatable bonds is 8. The number of nitro groups is 1. The number of carbonyl (C=O) groups excluding carboxylic acids is 1. The van der Waals surface area contributed by atoms with Gasteiger partial charge in [0.25, 0.3) is 11.6 Å². The van der Waals surface area contributed by atoms with E-state index in [1.807, 2.05) is 10.8 Å². The van der Waals surface area contributed by atoms with Crippen molar-refractivity contribution in [2.45, 2.75) is 13.0 Å². The number of amides is 1. The first-order valence-electron chi connectivity index (χ1n) is 9.75. The van der Waals surface area contributed by atoms with E-state index in [0.717, 1.165) is 0 Å². The molecule has 0 radical (unpaired) electrons. The van der Waals surface area contributed by atoms with Crippen molar-refractivity contribution in [3.05, 3.63) is 88.8 Å². The van der Waals surface area contributed by atoms with Crippen LogP contribution in [0.25, 0.3) is 16.3 Å². The average molecular weight is 488 g/mol. The second-order valence-electron chi connectivity index (χ2n) is 6.93. The van der Waals surface area contributed by atoms with Gasteiger partial charge in [-0.05, 0) is 48.4 Å². The number of fused-ring (bicyclic) bond motifs is 1. The molecule has 0 unspecified atom stereocenters. The second kappa shape index (κ2) is 10.8. The summed E-state index contributed by atoms with van der Waals surface area (Å²) in [6, 6.07) is 10.2. The number of nitrogens with zero attached hydrogens (tertiary/aromatic N) is 5.